The summed E-state index contributed by atoms with van der Waals surface area (Å²) in [6.45, 7) is 10.7. The van der Waals surface area contributed by atoms with E-state index in [0.717, 1.165) is 30.8 Å². The second-order valence-electron chi connectivity index (χ2n) is 6.60. The molecule has 5 nitrogen and oxygen atoms in total. The molecule has 0 aliphatic carbocycles. The Labute approximate surface area is 139 Å². The first-order valence-corrected chi connectivity index (χ1v) is 8.21. The number of anilines is 2. The van der Waals surface area contributed by atoms with E-state index in [1.54, 1.807) is 7.11 Å². The van der Waals surface area contributed by atoms with Crippen molar-refractivity contribution in [2.45, 2.75) is 53.1 Å². The Balaban J connectivity index is 2.86. The first kappa shape index (κ1) is 19.1. The summed E-state index contributed by atoms with van der Waals surface area (Å²) >= 11 is 0. The first-order chi connectivity index (χ1) is 10.8. The molecular weight excluding hydrogens is 292 g/mol. The van der Waals surface area contributed by atoms with Crippen LogP contribution in [0.25, 0.3) is 0 Å². The first-order valence-electron chi connectivity index (χ1n) is 8.21. The minimum Gasteiger partial charge on any atom is -0.497 e. The van der Waals surface area contributed by atoms with Crippen LogP contribution in [0.1, 0.15) is 47.5 Å². The number of nitrogens with one attached hydrogen (secondary N) is 2. The van der Waals surface area contributed by atoms with Gasteiger partial charge in [0.1, 0.15) is 11.4 Å². The molecule has 1 amide bonds. The van der Waals surface area contributed by atoms with Crippen molar-refractivity contribution in [2.24, 2.45) is 5.92 Å². The van der Waals surface area contributed by atoms with E-state index in [2.05, 4.69) is 24.5 Å². The third kappa shape index (κ3) is 6.80. The number of benzene rings is 1. The van der Waals surface area contributed by atoms with Crippen molar-refractivity contribution in [1.29, 1.82) is 0 Å². The molecule has 0 saturated heterocycles. The molecule has 0 unspecified atom stereocenters. The predicted octanol–water partition coefficient (Wildman–Crippen LogP) is 4.89. The van der Waals surface area contributed by atoms with E-state index < -0.39 is 11.7 Å². The van der Waals surface area contributed by atoms with Crippen LogP contribution in [0, 0.1) is 5.92 Å². The van der Waals surface area contributed by atoms with Crippen molar-refractivity contribution in [3.63, 3.8) is 0 Å². The van der Waals surface area contributed by atoms with Gasteiger partial charge in [0.2, 0.25) is 0 Å². The molecule has 1 aromatic carbocycles. The van der Waals surface area contributed by atoms with Gasteiger partial charge in [0.15, 0.2) is 0 Å². The Morgan fingerprint density at radius 1 is 1.17 bits per heavy atom. The van der Waals surface area contributed by atoms with Gasteiger partial charge in [-0.05, 0) is 38.8 Å². The van der Waals surface area contributed by atoms with Gasteiger partial charge in [0, 0.05) is 12.6 Å². The highest BCUT2D eigenvalue weighted by Gasteiger charge is 2.17. The van der Waals surface area contributed by atoms with Crippen molar-refractivity contribution in [3.8, 4) is 5.75 Å². The van der Waals surface area contributed by atoms with Gasteiger partial charge in [-0.3, -0.25) is 5.32 Å². The maximum absolute atomic E-state index is 12.0. The fourth-order valence-corrected chi connectivity index (χ4v) is 2.15. The minimum absolute atomic E-state index is 0.465. The highest BCUT2D eigenvalue weighted by Crippen LogP contribution is 2.28. The van der Waals surface area contributed by atoms with Gasteiger partial charge in [-0.2, -0.15) is 0 Å². The van der Waals surface area contributed by atoms with E-state index >= 15 is 0 Å². The van der Waals surface area contributed by atoms with E-state index in [-0.39, 0.29) is 0 Å². The molecule has 1 aromatic rings. The lowest BCUT2D eigenvalue weighted by molar-refractivity contribution is 0.0636. The van der Waals surface area contributed by atoms with E-state index in [1.165, 1.54) is 0 Å². The molecule has 0 aliphatic heterocycles. The molecule has 5 heteroatoms. The number of ether oxygens (including phenoxy) is 2. The average Bonchev–Trinajstić information content (AvgIpc) is 2.47. The predicted molar refractivity (Wildman–Crippen MR) is 95.4 cm³/mol. The summed E-state index contributed by atoms with van der Waals surface area (Å²) in [7, 11) is 1.63. The molecule has 0 spiro atoms. The smallest absolute Gasteiger partial charge is 0.412 e. The molecular formula is C18H30N2O3. The second-order valence-corrected chi connectivity index (χ2v) is 6.60. The Morgan fingerprint density at radius 2 is 1.83 bits per heavy atom. The van der Waals surface area contributed by atoms with Crippen LogP contribution < -0.4 is 15.4 Å². The summed E-state index contributed by atoms with van der Waals surface area (Å²) in [6, 6.07) is 5.52. The van der Waals surface area contributed by atoms with Crippen LogP contribution in [0.5, 0.6) is 5.75 Å². The highest BCUT2D eigenvalue weighted by atomic mass is 16.6. The molecule has 0 heterocycles. The normalized spacial score (nSPS) is 11.3. The Morgan fingerprint density at radius 3 is 2.35 bits per heavy atom. The van der Waals surface area contributed by atoms with Crippen LogP contribution in [0.4, 0.5) is 16.2 Å². The van der Waals surface area contributed by atoms with Gasteiger partial charge in [0.05, 0.1) is 18.5 Å². The standard InChI is InChI=1S/C18H30N2O3/c1-7-13(8-2)12-19-16-11-14(22-6)9-10-15(16)20-17(21)23-18(3,4)5/h9-11,13,19H,7-8,12H2,1-6H3,(H,20,21). The second kappa shape index (κ2) is 8.65. The SMILES string of the molecule is CCC(CC)CNc1cc(OC)ccc1NC(=O)OC(C)(C)C. The van der Waals surface area contributed by atoms with E-state index in [1.807, 2.05) is 39.0 Å². The fourth-order valence-electron chi connectivity index (χ4n) is 2.15. The van der Waals surface area contributed by atoms with Crippen molar-refractivity contribution in [2.75, 3.05) is 24.3 Å². The van der Waals surface area contributed by atoms with Crippen molar-refractivity contribution < 1.29 is 14.3 Å². The maximum Gasteiger partial charge on any atom is 0.412 e. The number of hydrogen-bond donors (Lipinski definition) is 2. The summed E-state index contributed by atoms with van der Waals surface area (Å²) in [5.41, 5.74) is 0.993. The number of carbonyl (C=O) groups excluding carboxylic acids is 1. The molecule has 23 heavy (non-hydrogen) atoms. The van der Waals surface area contributed by atoms with Gasteiger partial charge >= 0.3 is 6.09 Å². The molecule has 0 aliphatic rings. The van der Waals surface area contributed by atoms with E-state index in [9.17, 15) is 4.79 Å². The quantitative estimate of drug-likeness (QED) is 0.750. The van der Waals surface area contributed by atoms with Crippen molar-refractivity contribution in [1.82, 2.24) is 0 Å². The van der Waals surface area contributed by atoms with Crippen LogP contribution >= 0.6 is 0 Å². The Bertz CT molecular complexity index is 505. The summed E-state index contributed by atoms with van der Waals surface area (Å²) < 4.78 is 10.6. The molecule has 0 bridgehead atoms. The fraction of sp³-hybridized carbons (Fsp3) is 0.611. The van der Waals surface area contributed by atoms with Crippen molar-refractivity contribution >= 4 is 17.5 Å². The largest absolute Gasteiger partial charge is 0.497 e. The van der Waals surface area contributed by atoms with Gasteiger partial charge in [-0.15, -0.1) is 0 Å². The summed E-state index contributed by atoms with van der Waals surface area (Å²) in [5.74, 6) is 1.34. The average molecular weight is 322 g/mol. The number of amides is 1. The summed E-state index contributed by atoms with van der Waals surface area (Å²) in [6.07, 6.45) is 1.76. The topological polar surface area (TPSA) is 59.6 Å². The van der Waals surface area contributed by atoms with Gasteiger partial charge < -0.3 is 14.8 Å². The molecule has 2 N–H and O–H groups in total. The zero-order valence-electron chi connectivity index (χ0n) is 15.2. The van der Waals surface area contributed by atoms with Gasteiger partial charge in [-0.25, -0.2) is 4.79 Å². The molecule has 1 rings (SSSR count). The third-order valence-corrected chi connectivity index (χ3v) is 3.60. The molecule has 0 atom stereocenters. The van der Waals surface area contributed by atoms with Crippen LogP contribution in [-0.4, -0.2) is 25.3 Å². The Kier molecular flexibility index (Phi) is 7.20. The van der Waals surface area contributed by atoms with Crippen LogP contribution in [0.2, 0.25) is 0 Å². The maximum atomic E-state index is 12.0. The highest BCUT2D eigenvalue weighted by molar-refractivity contribution is 5.90. The number of rotatable bonds is 7. The van der Waals surface area contributed by atoms with Crippen molar-refractivity contribution in [3.05, 3.63) is 18.2 Å². The summed E-state index contributed by atoms with van der Waals surface area (Å²) in [5, 5.41) is 6.21. The number of carbonyl (C=O) groups is 1. The number of hydrogen-bond acceptors (Lipinski definition) is 4. The Hall–Kier alpha value is -1.91. The summed E-state index contributed by atoms with van der Waals surface area (Å²) in [4.78, 5) is 12.0. The zero-order chi connectivity index (χ0) is 17.5. The van der Waals surface area contributed by atoms with Crippen LogP contribution in [0.15, 0.2) is 18.2 Å². The lowest BCUT2D eigenvalue weighted by Gasteiger charge is -2.21. The molecule has 0 fully saturated rings. The third-order valence-electron chi connectivity index (χ3n) is 3.60. The van der Waals surface area contributed by atoms with E-state index in [4.69, 9.17) is 9.47 Å². The van der Waals surface area contributed by atoms with Crippen LogP contribution in [0.3, 0.4) is 0 Å². The number of methoxy groups -OCH3 is 1. The van der Waals surface area contributed by atoms with Gasteiger partial charge in [0.25, 0.3) is 0 Å². The molecule has 130 valence electrons. The molecule has 0 saturated carbocycles. The van der Waals surface area contributed by atoms with E-state index in [0.29, 0.717) is 11.6 Å². The zero-order valence-corrected chi connectivity index (χ0v) is 15.2. The molecule has 0 aromatic heterocycles. The van der Waals surface area contributed by atoms with Gasteiger partial charge in [-0.1, -0.05) is 26.7 Å². The lowest BCUT2D eigenvalue weighted by Crippen LogP contribution is -2.27. The lowest BCUT2D eigenvalue weighted by atomic mass is 10.0. The van der Waals surface area contributed by atoms with Crippen LogP contribution in [-0.2, 0) is 4.74 Å². The monoisotopic (exact) mass is 322 g/mol. The molecule has 0 radical (unpaired) electrons. The minimum atomic E-state index is -0.528.